The molecule has 112 valence electrons. The Morgan fingerprint density at radius 1 is 1.14 bits per heavy atom. The van der Waals surface area contributed by atoms with Gasteiger partial charge in [-0.2, -0.15) is 4.98 Å². The topological polar surface area (TPSA) is 48.2 Å². The van der Waals surface area contributed by atoms with Crippen molar-refractivity contribution in [1.29, 1.82) is 0 Å². The first-order chi connectivity index (χ1) is 10.7. The Morgan fingerprint density at radius 3 is 2.68 bits per heavy atom. The molecule has 0 atom stereocenters. The Balaban J connectivity index is 1.66. The summed E-state index contributed by atoms with van der Waals surface area (Å²) >= 11 is 1.70. The molecule has 0 saturated carbocycles. The molecule has 0 radical (unpaired) electrons. The summed E-state index contributed by atoms with van der Waals surface area (Å²) in [4.78, 5) is 5.57. The van der Waals surface area contributed by atoms with Gasteiger partial charge in [0, 0.05) is 10.5 Å². The van der Waals surface area contributed by atoms with Crippen molar-refractivity contribution < 1.29 is 9.26 Å². The summed E-state index contributed by atoms with van der Waals surface area (Å²) in [6.45, 7) is 2.32. The van der Waals surface area contributed by atoms with E-state index in [2.05, 4.69) is 10.1 Å². The molecular formula is C17H16N2O2S. The number of thioether (sulfide) groups is 1. The molecule has 1 heterocycles. The second-order valence-corrected chi connectivity index (χ2v) is 5.73. The minimum Gasteiger partial charge on any atom is -0.485 e. The van der Waals surface area contributed by atoms with E-state index in [0.717, 1.165) is 16.9 Å². The van der Waals surface area contributed by atoms with Crippen LogP contribution in [0, 0.1) is 6.92 Å². The lowest BCUT2D eigenvalue weighted by atomic mass is 10.1. The van der Waals surface area contributed by atoms with Gasteiger partial charge < -0.3 is 9.26 Å². The maximum absolute atomic E-state index is 5.67. The van der Waals surface area contributed by atoms with Crippen molar-refractivity contribution in [2.45, 2.75) is 18.4 Å². The highest BCUT2D eigenvalue weighted by molar-refractivity contribution is 7.98. The van der Waals surface area contributed by atoms with Crippen LogP contribution in [-0.2, 0) is 6.61 Å². The molecule has 5 heteroatoms. The third-order valence-corrected chi connectivity index (χ3v) is 3.90. The van der Waals surface area contributed by atoms with Gasteiger partial charge in [-0.3, -0.25) is 0 Å². The fourth-order valence-electron chi connectivity index (χ4n) is 2.03. The molecular weight excluding hydrogens is 296 g/mol. The van der Waals surface area contributed by atoms with E-state index >= 15 is 0 Å². The van der Waals surface area contributed by atoms with Crippen LogP contribution in [0.4, 0.5) is 0 Å². The molecule has 0 saturated heterocycles. The van der Waals surface area contributed by atoms with Gasteiger partial charge in [-0.15, -0.1) is 11.8 Å². The number of aryl methyl sites for hydroxylation is 1. The maximum Gasteiger partial charge on any atom is 0.258 e. The number of benzene rings is 2. The molecule has 0 spiro atoms. The number of hydrogen-bond acceptors (Lipinski definition) is 5. The molecule has 0 fully saturated rings. The molecule has 0 amide bonds. The van der Waals surface area contributed by atoms with Gasteiger partial charge in [-0.05, 0) is 49.6 Å². The van der Waals surface area contributed by atoms with Gasteiger partial charge in [0.25, 0.3) is 5.89 Å². The van der Waals surface area contributed by atoms with Crippen LogP contribution in [0.1, 0.15) is 11.4 Å². The third kappa shape index (κ3) is 3.49. The molecule has 22 heavy (non-hydrogen) atoms. The summed E-state index contributed by atoms with van der Waals surface area (Å²) in [6.07, 6.45) is 2.04. The van der Waals surface area contributed by atoms with E-state index in [4.69, 9.17) is 9.26 Å². The summed E-state index contributed by atoms with van der Waals surface area (Å²) < 4.78 is 11.0. The smallest absolute Gasteiger partial charge is 0.258 e. The quantitative estimate of drug-likeness (QED) is 0.656. The Bertz CT molecular complexity index is 753. The lowest BCUT2D eigenvalue weighted by molar-refractivity contribution is 0.287. The number of nitrogens with zero attached hydrogens (tertiary/aromatic N) is 2. The highest BCUT2D eigenvalue weighted by Gasteiger charge is 2.09. The molecule has 2 aromatic carbocycles. The Hall–Kier alpha value is -2.27. The minimum atomic E-state index is 0.286. The molecule has 0 aliphatic heterocycles. The second kappa shape index (κ2) is 6.66. The molecule has 3 rings (SSSR count). The molecule has 1 aromatic heterocycles. The fourth-order valence-corrected chi connectivity index (χ4v) is 2.44. The molecule has 0 aliphatic carbocycles. The summed E-state index contributed by atoms with van der Waals surface area (Å²) in [7, 11) is 0. The van der Waals surface area contributed by atoms with Crippen molar-refractivity contribution in [3.05, 3.63) is 59.9 Å². The minimum absolute atomic E-state index is 0.286. The molecule has 0 unspecified atom stereocenters. The first-order valence-corrected chi connectivity index (χ1v) is 8.13. The normalized spacial score (nSPS) is 10.6. The Labute approximate surface area is 133 Å². The first-order valence-electron chi connectivity index (χ1n) is 6.91. The van der Waals surface area contributed by atoms with E-state index in [1.807, 2.05) is 61.7 Å². The standard InChI is InChI=1S/C17H16N2O2S/c1-12-4-3-5-13(10-12)17-18-16(19-21-17)11-20-14-6-8-15(22-2)9-7-14/h3-10H,11H2,1-2H3. The fraction of sp³-hybridized carbons (Fsp3) is 0.176. The van der Waals surface area contributed by atoms with E-state index in [1.54, 1.807) is 11.8 Å². The van der Waals surface area contributed by atoms with Crippen LogP contribution in [0.15, 0.2) is 57.9 Å². The number of hydrogen-bond donors (Lipinski definition) is 0. The first kappa shape index (κ1) is 14.7. The van der Waals surface area contributed by atoms with E-state index in [-0.39, 0.29) is 6.61 Å². The lowest BCUT2D eigenvalue weighted by Crippen LogP contribution is -1.97. The van der Waals surface area contributed by atoms with E-state index in [1.165, 1.54) is 4.90 Å². The van der Waals surface area contributed by atoms with Gasteiger partial charge in [0.15, 0.2) is 6.61 Å². The van der Waals surface area contributed by atoms with Crippen molar-refractivity contribution in [3.63, 3.8) is 0 Å². The zero-order valence-electron chi connectivity index (χ0n) is 12.4. The van der Waals surface area contributed by atoms with Crippen molar-refractivity contribution in [1.82, 2.24) is 10.1 Å². The van der Waals surface area contributed by atoms with Crippen LogP contribution in [-0.4, -0.2) is 16.4 Å². The second-order valence-electron chi connectivity index (χ2n) is 4.85. The summed E-state index contributed by atoms with van der Waals surface area (Å²) in [5.74, 6) is 1.84. The molecule has 4 nitrogen and oxygen atoms in total. The van der Waals surface area contributed by atoms with E-state index < -0.39 is 0 Å². The molecule has 0 bridgehead atoms. The Morgan fingerprint density at radius 2 is 1.95 bits per heavy atom. The van der Waals surface area contributed by atoms with Gasteiger partial charge in [0.05, 0.1) is 0 Å². The number of aromatic nitrogens is 2. The van der Waals surface area contributed by atoms with Gasteiger partial charge in [-0.25, -0.2) is 0 Å². The summed E-state index contributed by atoms with van der Waals surface area (Å²) in [6, 6.07) is 15.9. The lowest BCUT2D eigenvalue weighted by Gasteiger charge is -2.03. The highest BCUT2D eigenvalue weighted by Crippen LogP contribution is 2.21. The SMILES string of the molecule is CSc1ccc(OCc2noc(-c3cccc(C)c3)n2)cc1. The van der Waals surface area contributed by atoms with Crippen LogP contribution in [0.25, 0.3) is 11.5 Å². The monoisotopic (exact) mass is 312 g/mol. The van der Waals surface area contributed by atoms with Crippen molar-refractivity contribution in [2.75, 3.05) is 6.26 Å². The van der Waals surface area contributed by atoms with Crippen molar-refractivity contribution in [2.24, 2.45) is 0 Å². The van der Waals surface area contributed by atoms with Crippen LogP contribution < -0.4 is 4.74 Å². The molecule has 0 N–H and O–H groups in total. The third-order valence-electron chi connectivity index (χ3n) is 3.16. The maximum atomic E-state index is 5.67. The van der Waals surface area contributed by atoms with Crippen molar-refractivity contribution in [3.8, 4) is 17.2 Å². The largest absolute Gasteiger partial charge is 0.485 e. The van der Waals surface area contributed by atoms with Gasteiger partial charge in [0.1, 0.15) is 5.75 Å². The number of ether oxygens (including phenoxy) is 1. The van der Waals surface area contributed by atoms with Gasteiger partial charge in [-0.1, -0.05) is 22.9 Å². The van der Waals surface area contributed by atoms with Crippen molar-refractivity contribution >= 4 is 11.8 Å². The summed E-state index contributed by atoms with van der Waals surface area (Å²) in [5, 5.41) is 3.96. The zero-order valence-corrected chi connectivity index (χ0v) is 13.3. The average molecular weight is 312 g/mol. The number of rotatable bonds is 5. The van der Waals surface area contributed by atoms with Gasteiger partial charge >= 0.3 is 0 Å². The van der Waals surface area contributed by atoms with Crippen LogP contribution in [0.2, 0.25) is 0 Å². The molecule has 0 aliphatic rings. The Kier molecular flexibility index (Phi) is 4.44. The average Bonchev–Trinajstić information content (AvgIpc) is 3.02. The van der Waals surface area contributed by atoms with Gasteiger partial charge in [0.2, 0.25) is 5.82 Å². The van der Waals surface area contributed by atoms with Crippen LogP contribution in [0.3, 0.4) is 0 Å². The zero-order chi connectivity index (χ0) is 15.4. The van der Waals surface area contributed by atoms with E-state index in [9.17, 15) is 0 Å². The predicted molar refractivity (Wildman–Crippen MR) is 87.0 cm³/mol. The van der Waals surface area contributed by atoms with E-state index in [0.29, 0.717) is 11.7 Å². The predicted octanol–water partition coefficient (Wildman–Crippen LogP) is 4.35. The molecule has 3 aromatic rings. The van der Waals surface area contributed by atoms with Crippen LogP contribution in [0.5, 0.6) is 5.75 Å². The summed E-state index contributed by atoms with van der Waals surface area (Å²) in [5.41, 5.74) is 2.07. The van der Waals surface area contributed by atoms with Crippen LogP contribution >= 0.6 is 11.8 Å². The highest BCUT2D eigenvalue weighted by atomic mass is 32.2.